The second kappa shape index (κ2) is 6.46. The van der Waals surface area contributed by atoms with Crippen molar-refractivity contribution in [2.75, 3.05) is 5.73 Å². The first kappa shape index (κ1) is 17.1. The highest BCUT2D eigenvalue weighted by Crippen LogP contribution is 2.31. The van der Waals surface area contributed by atoms with Gasteiger partial charge in [-0.15, -0.1) is 0 Å². The second-order valence-corrected chi connectivity index (χ2v) is 7.67. The fourth-order valence-corrected chi connectivity index (χ4v) is 4.29. The number of hydrogen-bond donors (Lipinski definition) is 2. The van der Waals surface area contributed by atoms with Crippen molar-refractivity contribution in [3.05, 3.63) is 57.1 Å². The Hall–Kier alpha value is -1.27. The third-order valence-corrected chi connectivity index (χ3v) is 5.20. The van der Waals surface area contributed by atoms with Gasteiger partial charge in [0.1, 0.15) is 4.90 Å². The number of aryl methyl sites for hydroxylation is 2. The molecule has 0 unspecified atom stereocenters. The maximum atomic E-state index is 12.4. The van der Waals surface area contributed by atoms with Gasteiger partial charge in [-0.2, -0.15) is 0 Å². The van der Waals surface area contributed by atoms with E-state index in [2.05, 4.69) is 4.72 Å². The van der Waals surface area contributed by atoms with Crippen LogP contribution in [0.25, 0.3) is 0 Å². The zero-order valence-corrected chi connectivity index (χ0v) is 14.5. The lowest BCUT2D eigenvalue weighted by Gasteiger charge is -2.12. The number of sulfonamides is 1. The van der Waals surface area contributed by atoms with Crippen molar-refractivity contribution in [1.29, 1.82) is 0 Å². The van der Waals surface area contributed by atoms with Crippen molar-refractivity contribution < 1.29 is 8.42 Å². The minimum Gasteiger partial charge on any atom is -0.398 e. The minimum atomic E-state index is -3.83. The molecule has 0 amide bonds. The maximum absolute atomic E-state index is 12.4. The van der Waals surface area contributed by atoms with Crippen molar-refractivity contribution in [3.8, 4) is 0 Å². The second-order valence-electron chi connectivity index (χ2n) is 5.13. The van der Waals surface area contributed by atoms with Gasteiger partial charge in [0.05, 0.1) is 10.7 Å². The Balaban J connectivity index is 2.29. The summed E-state index contributed by atoms with van der Waals surface area (Å²) in [7, 11) is -3.83. The van der Waals surface area contributed by atoms with E-state index in [-0.39, 0.29) is 27.2 Å². The Kier molecular flexibility index (Phi) is 5.02. The topological polar surface area (TPSA) is 72.2 Å². The molecule has 0 aliphatic rings. The van der Waals surface area contributed by atoms with Crippen LogP contribution in [0.5, 0.6) is 0 Å². The average molecular weight is 359 g/mol. The van der Waals surface area contributed by atoms with Crippen LogP contribution in [-0.2, 0) is 16.6 Å². The van der Waals surface area contributed by atoms with Gasteiger partial charge in [-0.05, 0) is 31.5 Å². The smallest absolute Gasteiger partial charge is 0.244 e. The van der Waals surface area contributed by atoms with E-state index < -0.39 is 10.0 Å². The highest BCUT2D eigenvalue weighted by atomic mass is 35.5. The molecule has 0 saturated carbocycles. The molecule has 3 N–H and O–H groups in total. The predicted octanol–water partition coefficient (Wildman–Crippen LogP) is 3.67. The normalized spacial score (nSPS) is 11.6. The third kappa shape index (κ3) is 3.93. The number of nitrogens with one attached hydrogen (secondary N) is 1. The van der Waals surface area contributed by atoms with Crippen LogP contribution in [0.3, 0.4) is 0 Å². The Labute approximate surface area is 140 Å². The Bertz CT molecular complexity index is 777. The highest BCUT2D eigenvalue weighted by Gasteiger charge is 2.21. The molecule has 7 heteroatoms. The molecule has 22 heavy (non-hydrogen) atoms. The molecule has 0 atom stereocenters. The molecule has 0 spiro atoms. The largest absolute Gasteiger partial charge is 0.398 e. The summed E-state index contributed by atoms with van der Waals surface area (Å²) in [4.78, 5) is -0.150. The van der Waals surface area contributed by atoms with Crippen LogP contribution in [0.4, 0.5) is 5.69 Å². The van der Waals surface area contributed by atoms with Crippen molar-refractivity contribution in [3.63, 3.8) is 0 Å². The maximum Gasteiger partial charge on any atom is 0.244 e. The van der Waals surface area contributed by atoms with Crippen LogP contribution < -0.4 is 10.5 Å². The van der Waals surface area contributed by atoms with E-state index in [1.54, 1.807) is 0 Å². The summed E-state index contributed by atoms with van der Waals surface area (Å²) in [5.74, 6) is 0. The standard InChI is InChI=1S/C15H16Cl2N2O2S/c1-9-3-10(2)5-11(4-9)8-19-22(20,21)15-13(17)6-12(16)7-14(15)18/h3-7,19H,8,18H2,1-2H3. The van der Waals surface area contributed by atoms with E-state index in [0.717, 1.165) is 16.7 Å². The lowest BCUT2D eigenvalue weighted by Crippen LogP contribution is -2.24. The van der Waals surface area contributed by atoms with Gasteiger partial charge in [-0.3, -0.25) is 0 Å². The summed E-state index contributed by atoms with van der Waals surface area (Å²) in [6, 6.07) is 8.57. The van der Waals surface area contributed by atoms with Gasteiger partial charge in [-0.1, -0.05) is 52.5 Å². The van der Waals surface area contributed by atoms with Gasteiger partial charge >= 0.3 is 0 Å². The number of nitrogens with two attached hydrogens (primary N) is 1. The van der Waals surface area contributed by atoms with E-state index in [4.69, 9.17) is 28.9 Å². The Morgan fingerprint density at radius 3 is 2.18 bits per heavy atom. The number of anilines is 1. The molecule has 0 fully saturated rings. The number of halogens is 2. The molecular weight excluding hydrogens is 343 g/mol. The first-order valence-corrected chi connectivity index (χ1v) is 8.74. The van der Waals surface area contributed by atoms with Crippen LogP contribution in [0.15, 0.2) is 35.2 Å². The van der Waals surface area contributed by atoms with Gasteiger partial charge in [-0.25, -0.2) is 13.1 Å². The first-order valence-electron chi connectivity index (χ1n) is 6.50. The molecule has 4 nitrogen and oxygen atoms in total. The van der Waals surface area contributed by atoms with Gasteiger partial charge in [0, 0.05) is 11.6 Å². The molecule has 0 heterocycles. The summed E-state index contributed by atoms with van der Waals surface area (Å²) < 4.78 is 27.3. The van der Waals surface area contributed by atoms with Crippen molar-refractivity contribution in [2.24, 2.45) is 0 Å². The molecule has 118 valence electrons. The van der Waals surface area contributed by atoms with E-state index in [9.17, 15) is 8.42 Å². The zero-order chi connectivity index (χ0) is 16.5. The van der Waals surface area contributed by atoms with Crippen molar-refractivity contribution >= 4 is 38.9 Å². The number of rotatable bonds is 4. The van der Waals surface area contributed by atoms with E-state index in [0.29, 0.717) is 0 Å². The van der Waals surface area contributed by atoms with Gasteiger partial charge in [0.15, 0.2) is 0 Å². The molecule has 2 aromatic rings. The predicted molar refractivity (Wildman–Crippen MR) is 90.8 cm³/mol. The quantitative estimate of drug-likeness (QED) is 0.818. The molecule has 0 saturated heterocycles. The van der Waals surface area contributed by atoms with Crippen molar-refractivity contribution in [2.45, 2.75) is 25.3 Å². The van der Waals surface area contributed by atoms with E-state index in [1.807, 2.05) is 32.0 Å². The number of benzene rings is 2. The Morgan fingerprint density at radius 1 is 1.05 bits per heavy atom. The molecule has 0 bridgehead atoms. The first-order chi connectivity index (χ1) is 10.2. The van der Waals surface area contributed by atoms with Crippen LogP contribution in [0.1, 0.15) is 16.7 Å². The summed E-state index contributed by atoms with van der Waals surface area (Å²) in [5.41, 5.74) is 8.76. The molecule has 2 rings (SSSR count). The summed E-state index contributed by atoms with van der Waals surface area (Å²) in [6.45, 7) is 4.07. The van der Waals surface area contributed by atoms with Crippen LogP contribution in [0.2, 0.25) is 10.0 Å². The summed E-state index contributed by atoms with van der Waals surface area (Å²) in [6.07, 6.45) is 0. The van der Waals surface area contributed by atoms with Gasteiger partial charge in [0.25, 0.3) is 0 Å². The number of hydrogen-bond acceptors (Lipinski definition) is 3. The molecule has 0 aliphatic carbocycles. The number of nitrogen functional groups attached to an aromatic ring is 1. The van der Waals surface area contributed by atoms with Gasteiger partial charge in [0.2, 0.25) is 10.0 Å². The van der Waals surface area contributed by atoms with E-state index >= 15 is 0 Å². The fraction of sp³-hybridized carbons (Fsp3) is 0.200. The minimum absolute atomic E-state index is 0.00192. The highest BCUT2D eigenvalue weighted by molar-refractivity contribution is 7.89. The lowest BCUT2D eigenvalue weighted by molar-refractivity contribution is 0.582. The van der Waals surface area contributed by atoms with Gasteiger partial charge < -0.3 is 5.73 Å². The third-order valence-electron chi connectivity index (χ3n) is 3.05. The van der Waals surface area contributed by atoms with Crippen molar-refractivity contribution in [1.82, 2.24) is 4.72 Å². The van der Waals surface area contributed by atoms with Crippen LogP contribution >= 0.6 is 23.2 Å². The lowest BCUT2D eigenvalue weighted by atomic mass is 10.1. The van der Waals surface area contributed by atoms with E-state index in [1.165, 1.54) is 12.1 Å². The summed E-state index contributed by atoms with van der Waals surface area (Å²) in [5, 5.41) is 0.286. The average Bonchev–Trinajstić information content (AvgIpc) is 2.33. The molecule has 0 aromatic heterocycles. The molecular formula is C15H16Cl2N2O2S. The zero-order valence-electron chi connectivity index (χ0n) is 12.2. The van der Waals surface area contributed by atoms with Crippen LogP contribution in [0, 0.1) is 13.8 Å². The Morgan fingerprint density at radius 2 is 1.64 bits per heavy atom. The molecule has 2 aromatic carbocycles. The SMILES string of the molecule is Cc1cc(C)cc(CNS(=O)(=O)c2c(N)cc(Cl)cc2Cl)c1. The monoisotopic (exact) mass is 358 g/mol. The summed E-state index contributed by atoms with van der Waals surface area (Å²) >= 11 is 11.8. The van der Waals surface area contributed by atoms with Crippen LogP contribution in [-0.4, -0.2) is 8.42 Å². The fourth-order valence-electron chi connectivity index (χ4n) is 2.29. The molecule has 0 radical (unpaired) electrons. The molecule has 0 aliphatic heterocycles.